The van der Waals surface area contributed by atoms with Crippen LogP contribution in [0.25, 0.3) is 10.9 Å². The number of aromatic amines is 1. The van der Waals surface area contributed by atoms with Gasteiger partial charge in [0.1, 0.15) is 5.69 Å². The number of H-pyrrole nitrogens is 1. The molecular weight excluding hydrogens is 307 g/mol. The summed E-state index contributed by atoms with van der Waals surface area (Å²) in [5, 5.41) is 2.51. The molecule has 3 rings (SSSR count). The van der Waals surface area contributed by atoms with E-state index in [1.165, 1.54) is 0 Å². The Morgan fingerprint density at radius 3 is 2.57 bits per heavy atom. The van der Waals surface area contributed by atoms with Crippen LogP contribution in [0.3, 0.4) is 0 Å². The second-order valence-corrected chi connectivity index (χ2v) is 6.57. The highest BCUT2D eigenvalue weighted by Crippen LogP contribution is 2.34. The van der Waals surface area contributed by atoms with E-state index in [1.54, 1.807) is 18.2 Å². The summed E-state index contributed by atoms with van der Waals surface area (Å²) in [5.41, 5.74) is 6.38. The van der Waals surface area contributed by atoms with Gasteiger partial charge >= 0.3 is 0 Å². The number of hydrogen-bond acceptors (Lipinski definition) is 2. The number of aromatic nitrogens is 1. The topological polar surface area (TPSA) is 79.1 Å². The fourth-order valence-electron chi connectivity index (χ4n) is 2.25. The van der Waals surface area contributed by atoms with Crippen molar-refractivity contribution in [1.82, 2.24) is 4.98 Å². The van der Waals surface area contributed by atoms with E-state index in [0.29, 0.717) is 15.7 Å². The van der Waals surface area contributed by atoms with Crippen molar-refractivity contribution in [2.45, 2.75) is 0 Å². The Morgan fingerprint density at radius 2 is 1.90 bits per heavy atom. The number of primary amides is 1. The third-order valence-electron chi connectivity index (χ3n) is 3.19. The maximum Gasteiger partial charge on any atom is 0.265 e. The van der Waals surface area contributed by atoms with Crippen molar-refractivity contribution in [3.63, 3.8) is 0 Å². The normalized spacial score (nSPS) is 12.5. The van der Waals surface area contributed by atoms with Gasteiger partial charge in [-0.2, -0.15) is 0 Å². The highest BCUT2D eigenvalue weighted by atomic mass is 35.5. The number of nitrogens with one attached hydrogen (secondary N) is 1. The summed E-state index contributed by atoms with van der Waals surface area (Å²) in [7, 11) is -1.69. The zero-order valence-corrected chi connectivity index (χ0v) is 12.5. The molecule has 106 valence electrons. The molecule has 6 heteroatoms. The predicted octanol–water partition coefficient (Wildman–Crippen LogP) is 2.26. The summed E-state index contributed by atoms with van der Waals surface area (Å²) < 4.78 is 0. The molecular formula is C15H12ClN2O2P. The molecule has 0 bridgehead atoms. The zero-order valence-electron chi connectivity index (χ0n) is 10.9. The lowest BCUT2D eigenvalue weighted by Crippen LogP contribution is -2.22. The SMILES string of the molecule is NC(=O)c1[nH]c2ccc(Cl)cc2c1P(O)c1ccccc1. The van der Waals surface area contributed by atoms with Crippen molar-refractivity contribution in [3.05, 3.63) is 59.2 Å². The smallest absolute Gasteiger partial charge is 0.265 e. The van der Waals surface area contributed by atoms with Crippen molar-refractivity contribution in [3.8, 4) is 0 Å². The van der Waals surface area contributed by atoms with E-state index in [2.05, 4.69) is 4.98 Å². The Bertz CT molecular complexity index is 817. The van der Waals surface area contributed by atoms with E-state index in [9.17, 15) is 9.69 Å². The fraction of sp³-hybridized carbons (Fsp3) is 0. The summed E-state index contributed by atoms with van der Waals surface area (Å²) in [6.45, 7) is 0. The fourth-order valence-corrected chi connectivity index (χ4v) is 3.92. The molecule has 21 heavy (non-hydrogen) atoms. The number of hydrogen-bond donors (Lipinski definition) is 3. The minimum atomic E-state index is -1.69. The van der Waals surface area contributed by atoms with E-state index in [0.717, 1.165) is 10.8 Å². The van der Waals surface area contributed by atoms with Crippen LogP contribution in [-0.4, -0.2) is 15.8 Å². The van der Waals surface area contributed by atoms with Gasteiger partial charge in [0.25, 0.3) is 5.91 Å². The summed E-state index contributed by atoms with van der Waals surface area (Å²) in [6.07, 6.45) is 0. The number of halogens is 1. The molecule has 3 aromatic rings. The van der Waals surface area contributed by atoms with Gasteiger partial charge in [0.2, 0.25) is 0 Å². The van der Waals surface area contributed by atoms with Gasteiger partial charge in [-0.05, 0) is 18.2 Å². The van der Waals surface area contributed by atoms with Crippen molar-refractivity contribution < 1.29 is 9.69 Å². The first-order valence-corrected chi connectivity index (χ1v) is 7.90. The molecule has 1 amide bonds. The van der Waals surface area contributed by atoms with Crippen LogP contribution in [0.2, 0.25) is 5.02 Å². The van der Waals surface area contributed by atoms with Crippen molar-refractivity contribution in [2.24, 2.45) is 5.73 Å². The van der Waals surface area contributed by atoms with E-state index in [4.69, 9.17) is 17.3 Å². The van der Waals surface area contributed by atoms with Gasteiger partial charge in [0, 0.05) is 26.5 Å². The maximum absolute atomic E-state index is 11.7. The Balaban J connectivity index is 2.26. The largest absolute Gasteiger partial charge is 0.364 e. The molecule has 0 spiro atoms. The first-order chi connectivity index (χ1) is 10.1. The average Bonchev–Trinajstić information content (AvgIpc) is 2.86. The van der Waals surface area contributed by atoms with E-state index >= 15 is 0 Å². The van der Waals surface area contributed by atoms with Crippen LogP contribution in [0, 0.1) is 0 Å². The second kappa shape index (κ2) is 5.49. The lowest BCUT2D eigenvalue weighted by Gasteiger charge is -2.11. The molecule has 1 unspecified atom stereocenters. The van der Waals surface area contributed by atoms with Gasteiger partial charge in [-0.1, -0.05) is 41.9 Å². The first kappa shape index (κ1) is 14.1. The molecule has 1 atom stereocenters. The van der Waals surface area contributed by atoms with Crippen LogP contribution >= 0.6 is 19.7 Å². The third kappa shape index (κ3) is 2.54. The number of amides is 1. The van der Waals surface area contributed by atoms with Crippen LogP contribution in [0.1, 0.15) is 10.5 Å². The molecule has 0 aliphatic carbocycles. The van der Waals surface area contributed by atoms with Crippen molar-refractivity contribution in [2.75, 3.05) is 0 Å². The van der Waals surface area contributed by atoms with Gasteiger partial charge in [-0.15, -0.1) is 0 Å². The summed E-state index contributed by atoms with van der Waals surface area (Å²) in [6, 6.07) is 14.4. The second-order valence-electron chi connectivity index (χ2n) is 4.55. The van der Waals surface area contributed by atoms with Gasteiger partial charge < -0.3 is 15.6 Å². The summed E-state index contributed by atoms with van der Waals surface area (Å²) in [4.78, 5) is 25.3. The molecule has 1 heterocycles. The highest BCUT2D eigenvalue weighted by molar-refractivity contribution is 7.68. The Kier molecular flexibility index (Phi) is 3.68. The van der Waals surface area contributed by atoms with E-state index in [1.807, 2.05) is 30.3 Å². The number of nitrogens with two attached hydrogens (primary N) is 1. The lowest BCUT2D eigenvalue weighted by atomic mass is 10.2. The minimum Gasteiger partial charge on any atom is -0.364 e. The Hall–Kier alpha value is -1.87. The van der Waals surface area contributed by atoms with E-state index in [-0.39, 0.29) is 5.69 Å². The number of benzene rings is 2. The van der Waals surface area contributed by atoms with Gasteiger partial charge in [-0.3, -0.25) is 4.79 Å². The van der Waals surface area contributed by atoms with Gasteiger partial charge in [0.15, 0.2) is 0 Å². The zero-order chi connectivity index (χ0) is 15.0. The minimum absolute atomic E-state index is 0.227. The quantitative estimate of drug-likeness (QED) is 0.648. The van der Waals surface area contributed by atoms with Crippen LogP contribution in [-0.2, 0) is 0 Å². The van der Waals surface area contributed by atoms with Crippen LogP contribution < -0.4 is 16.3 Å². The average molecular weight is 319 g/mol. The monoisotopic (exact) mass is 318 g/mol. The van der Waals surface area contributed by atoms with E-state index < -0.39 is 14.1 Å². The lowest BCUT2D eigenvalue weighted by molar-refractivity contribution is 0.0997. The summed E-state index contributed by atoms with van der Waals surface area (Å²) in [5.74, 6) is -0.602. The van der Waals surface area contributed by atoms with Crippen molar-refractivity contribution >= 4 is 47.2 Å². The summed E-state index contributed by atoms with van der Waals surface area (Å²) >= 11 is 6.03. The Morgan fingerprint density at radius 1 is 1.19 bits per heavy atom. The number of rotatable bonds is 3. The number of fused-ring (bicyclic) bond motifs is 1. The molecule has 4 nitrogen and oxygen atoms in total. The number of carbonyl (C=O) groups is 1. The molecule has 4 N–H and O–H groups in total. The molecule has 1 aromatic heterocycles. The molecule has 0 saturated carbocycles. The highest BCUT2D eigenvalue weighted by Gasteiger charge is 2.23. The van der Waals surface area contributed by atoms with Crippen LogP contribution in [0.15, 0.2) is 48.5 Å². The first-order valence-electron chi connectivity index (χ1n) is 6.23. The molecule has 0 fully saturated rings. The standard InChI is InChI=1S/C15H12ClN2O2P/c16-9-6-7-12-11(8-9)14(13(18-12)15(17)19)21(20)10-4-2-1-3-5-10/h1-8,18,20H,(H2,17,19). The predicted molar refractivity (Wildman–Crippen MR) is 86.7 cm³/mol. The molecule has 0 radical (unpaired) electrons. The molecule has 0 saturated heterocycles. The maximum atomic E-state index is 11.7. The third-order valence-corrected chi connectivity index (χ3v) is 5.10. The van der Waals surface area contributed by atoms with Crippen molar-refractivity contribution in [1.29, 1.82) is 0 Å². The molecule has 2 aromatic carbocycles. The van der Waals surface area contributed by atoms with Gasteiger partial charge in [0.05, 0.1) is 8.15 Å². The van der Waals surface area contributed by atoms with Crippen LogP contribution in [0.5, 0.6) is 0 Å². The van der Waals surface area contributed by atoms with Gasteiger partial charge in [-0.25, -0.2) is 0 Å². The molecule has 0 aliphatic rings. The molecule has 0 aliphatic heterocycles. The Labute approximate surface area is 127 Å². The number of carbonyl (C=O) groups excluding carboxylic acids is 1. The van der Waals surface area contributed by atoms with Crippen LogP contribution in [0.4, 0.5) is 0 Å².